The first-order valence-corrected chi connectivity index (χ1v) is 10.5. The summed E-state index contributed by atoms with van der Waals surface area (Å²) in [6.45, 7) is 0. The number of anilines is 1. The molecule has 3 aromatic rings. The molecule has 1 aliphatic heterocycles. The number of benzene rings is 2. The summed E-state index contributed by atoms with van der Waals surface area (Å²) in [7, 11) is 4.71. The lowest BCUT2D eigenvalue weighted by molar-refractivity contribution is -0.116. The van der Waals surface area contributed by atoms with Crippen LogP contribution >= 0.6 is 0 Å². The molecule has 8 nitrogen and oxygen atoms in total. The number of carbonyl (C=O) groups excluding carboxylic acids is 1. The Bertz CT molecular complexity index is 1190. The molecule has 0 unspecified atom stereocenters. The van der Waals surface area contributed by atoms with Crippen molar-refractivity contribution in [1.29, 1.82) is 0 Å². The van der Waals surface area contributed by atoms with Crippen molar-refractivity contribution in [3.63, 3.8) is 0 Å². The van der Waals surface area contributed by atoms with Crippen molar-refractivity contribution in [2.45, 2.75) is 25.3 Å². The lowest BCUT2D eigenvalue weighted by atomic mass is 9.85. The van der Waals surface area contributed by atoms with Gasteiger partial charge in [-0.3, -0.25) is 4.79 Å². The summed E-state index contributed by atoms with van der Waals surface area (Å²) < 4.78 is 18.2. The first-order valence-electron chi connectivity index (χ1n) is 10.5. The highest BCUT2D eigenvalue weighted by Crippen LogP contribution is 2.43. The molecule has 1 aromatic heterocycles. The minimum Gasteiger partial charge on any atom is -0.493 e. The highest BCUT2D eigenvalue weighted by Gasteiger charge is 2.37. The average Bonchev–Trinajstić information content (AvgIpc) is 3.26. The standard InChI is InChI=1S/C24H24N4O4/c1-30-18-12-15(13-19(31-2)22(18)32-3)23-26-24-25-16-10-7-11-17(29)20(16)21(28(24)27-23)14-8-5-4-6-9-14/h4-6,8-9,12-13,21H,7,10-11H2,1-3H3,(H,25,26,27)/t21-/m1/s1. The molecule has 8 heteroatoms. The normalized spacial score (nSPS) is 17.3. The van der Waals surface area contributed by atoms with Gasteiger partial charge in [0.25, 0.3) is 0 Å². The topological polar surface area (TPSA) is 87.5 Å². The Morgan fingerprint density at radius 1 is 1.00 bits per heavy atom. The zero-order valence-electron chi connectivity index (χ0n) is 18.2. The molecular weight excluding hydrogens is 408 g/mol. The van der Waals surface area contributed by atoms with E-state index in [-0.39, 0.29) is 11.8 Å². The maximum atomic E-state index is 12.9. The second kappa shape index (κ2) is 8.03. The van der Waals surface area contributed by atoms with Gasteiger partial charge in [-0.15, -0.1) is 5.10 Å². The molecule has 0 bridgehead atoms. The Morgan fingerprint density at radius 3 is 2.38 bits per heavy atom. The number of hydrogen-bond acceptors (Lipinski definition) is 7. The molecular formula is C24H24N4O4. The van der Waals surface area contributed by atoms with Crippen LogP contribution in [0.15, 0.2) is 53.7 Å². The fraction of sp³-hybridized carbons (Fsp3) is 0.292. The second-order valence-corrected chi connectivity index (χ2v) is 7.72. The zero-order valence-corrected chi connectivity index (χ0v) is 18.2. The minimum absolute atomic E-state index is 0.156. The van der Waals surface area contributed by atoms with Gasteiger partial charge >= 0.3 is 0 Å². The number of hydrogen-bond donors (Lipinski definition) is 1. The van der Waals surface area contributed by atoms with E-state index in [1.165, 1.54) is 0 Å². The van der Waals surface area contributed by atoms with Crippen LogP contribution in [-0.4, -0.2) is 41.9 Å². The molecule has 2 heterocycles. The van der Waals surface area contributed by atoms with Crippen molar-refractivity contribution in [3.8, 4) is 28.6 Å². The summed E-state index contributed by atoms with van der Waals surface area (Å²) in [5.41, 5.74) is 3.43. The molecule has 164 valence electrons. The third kappa shape index (κ3) is 3.19. The average molecular weight is 432 g/mol. The monoisotopic (exact) mass is 432 g/mol. The van der Waals surface area contributed by atoms with E-state index in [0.29, 0.717) is 35.4 Å². The Balaban J connectivity index is 1.66. The van der Waals surface area contributed by atoms with Crippen molar-refractivity contribution in [3.05, 3.63) is 59.3 Å². The van der Waals surface area contributed by atoms with E-state index in [0.717, 1.165) is 35.2 Å². The first kappa shape index (κ1) is 20.1. The SMILES string of the molecule is COc1cc(-c2nc3n(n2)[C@H](c2ccccc2)C2=C(CCCC2=O)N3)cc(OC)c1OC. The van der Waals surface area contributed by atoms with Gasteiger partial charge in [-0.05, 0) is 30.5 Å². The van der Waals surface area contributed by atoms with Gasteiger partial charge in [0.05, 0.1) is 21.3 Å². The van der Waals surface area contributed by atoms with E-state index in [4.69, 9.17) is 24.3 Å². The molecule has 2 aliphatic rings. The molecule has 0 radical (unpaired) electrons. The van der Waals surface area contributed by atoms with Crippen LogP contribution in [0.2, 0.25) is 0 Å². The van der Waals surface area contributed by atoms with Gasteiger partial charge < -0.3 is 19.5 Å². The molecule has 0 spiro atoms. The number of aromatic nitrogens is 3. The highest BCUT2D eigenvalue weighted by atomic mass is 16.5. The number of ketones is 1. The van der Waals surface area contributed by atoms with E-state index in [1.807, 2.05) is 42.5 Å². The number of nitrogens with zero attached hydrogens (tertiary/aromatic N) is 3. The predicted octanol–water partition coefficient (Wildman–Crippen LogP) is 3.99. The van der Waals surface area contributed by atoms with Crippen LogP contribution in [0, 0.1) is 0 Å². The van der Waals surface area contributed by atoms with E-state index >= 15 is 0 Å². The zero-order chi connectivity index (χ0) is 22.2. The first-order chi connectivity index (χ1) is 15.6. The largest absolute Gasteiger partial charge is 0.493 e. The van der Waals surface area contributed by atoms with Crippen LogP contribution in [0.4, 0.5) is 5.95 Å². The van der Waals surface area contributed by atoms with Crippen molar-refractivity contribution >= 4 is 11.7 Å². The Morgan fingerprint density at radius 2 is 1.72 bits per heavy atom. The van der Waals surface area contributed by atoms with Crippen molar-refractivity contribution in [2.75, 3.05) is 26.6 Å². The Labute approximate surface area is 185 Å². The van der Waals surface area contributed by atoms with Crippen LogP contribution in [0.3, 0.4) is 0 Å². The van der Waals surface area contributed by atoms with Crippen molar-refractivity contribution in [1.82, 2.24) is 14.8 Å². The van der Waals surface area contributed by atoms with Gasteiger partial charge in [-0.2, -0.15) is 4.98 Å². The molecule has 5 rings (SSSR count). The predicted molar refractivity (Wildman–Crippen MR) is 119 cm³/mol. The number of allylic oxidation sites excluding steroid dienone is 2. The van der Waals surface area contributed by atoms with Gasteiger partial charge in [-0.1, -0.05) is 30.3 Å². The van der Waals surface area contributed by atoms with Crippen LogP contribution in [-0.2, 0) is 4.79 Å². The molecule has 1 N–H and O–H groups in total. The molecule has 0 saturated carbocycles. The smallest absolute Gasteiger partial charge is 0.226 e. The van der Waals surface area contributed by atoms with E-state index in [9.17, 15) is 4.79 Å². The fourth-order valence-electron chi connectivity index (χ4n) is 4.43. The van der Waals surface area contributed by atoms with E-state index in [2.05, 4.69) is 5.32 Å². The molecule has 1 atom stereocenters. The highest BCUT2D eigenvalue weighted by molar-refractivity contribution is 5.99. The van der Waals surface area contributed by atoms with Crippen molar-refractivity contribution < 1.29 is 19.0 Å². The third-order valence-corrected chi connectivity index (χ3v) is 5.91. The van der Waals surface area contributed by atoms with E-state index < -0.39 is 0 Å². The lowest BCUT2D eigenvalue weighted by Gasteiger charge is -2.32. The minimum atomic E-state index is -0.321. The fourth-order valence-corrected chi connectivity index (χ4v) is 4.43. The van der Waals surface area contributed by atoms with Gasteiger partial charge in [-0.25, -0.2) is 4.68 Å². The maximum Gasteiger partial charge on any atom is 0.226 e. The van der Waals surface area contributed by atoms with Crippen molar-refractivity contribution in [2.24, 2.45) is 0 Å². The quantitative estimate of drug-likeness (QED) is 0.652. The van der Waals surface area contributed by atoms with Crippen LogP contribution in [0.1, 0.15) is 30.9 Å². The summed E-state index contributed by atoms with van der Waals surface area (Å²) >= 11 is 0. The van der Waals surface area contributed by atoms with Crippen LogP contribution in [0.25, 0.3) is 11.4 Å². The molecule has 2 aromatic carbocycles. The number of fused-ring (bicyclic) bond motifs is 1. The molecule has 32 heavy (non-hydrogen) atoms. The lowest BCUT2D eigenvalue weighted by Crippen LogP contribution is -2.31. The summed E-state index contributed by atoms with van der Waals surface area (Å²) in [5, 5.41) is 8.18. The number of Topliss-reactive ketones (excluding diaryl/α,β-unsaturated/α-hetero) is 1. The molecule has 1 aliphatic carbocycles. The van der Waals surface area contributed by atoms with Gasteiger partial charge in [0.2, 0.25) is 11.7 Å². The number of rotatable bonds is 5. The Hall–Kier alpha value is -3.81. The number of methoxy groups -OCH3 is 3. The molecule has 0 fully saturated rings. The number of nitrogens with one attached hydrogen (secondary N) is 1. The summed E-state index contributed by atoms with van der Waals surface area (Å²) in [4.78, 5) is 17.7. The second-order valence-electron chi connectivity index (χ2n) is 7.72. The summed E-state index contributed by atoms with van der Waals surface area (Å²) in [6.07, 6.45) is 2.20. The maximum absolute atomic E-state index is 12.9. The molecule has 0 amide bonds. The summed E-state index contributed by atoms with van der Waals surface area (Å²) in [5.74, 6) is 2.81. The van der Waals surface area contributed by atoms with Crippen LogP contribution in [0.5, 0.6) is 17.2 Å². The number of ether oxygens (including phenoxy) is 3. The van der Waals surface area contributed by atoms with Crippen LogP contribution < -0.4 is 19.5 Å². The number of carbonyl (C=O) groups is 1. The summed E-state index contributed by atoms with van der Waals surface area (Å²) in [6, 6.07) is 13.3. The third-order valence-electron chi connectivity index (χ3n) is 5.91. The molecule has 0 saturated heterocycles. The van der Waals surface area contributed by atoms with Gasteiger partial charge in [0, 0.05) is 23.3 Å². The van der Waals surface area contributed by atoms with Gasteiger partial charge in [0.1, 0.15) is 6.04 Å². The Kier molecular flexibility index (Phi) is 5.05. The van der Waals surface area contributed by atoms with Gasteiger partial charge in [0.15, 0.2) is 23.1 Å². The van der Waals surface area contributed by atoms with E-state index in [1.54, 1.807) is 26.0 Å².